The molecular formula is C22H22BrNO5. The summed E-state index contributed by atoms with van der Waals surface area (Å²) < 4.78 is 11.3. The lowest BCUT2D eigenvalue weighted by atomic mass is 9.95. The maximum atomic E-state index is 12.8. The molecule has 1 aliphatic rings. The number of methoxy groups -OCH3 is 1. The van der Waals surface area contributed by atoms with E-state index in [9.17, 15) is 14.7 Å². The van der Waals surface area contributed by atoms with Gasteiger partial charge in [0.2, 0.25) is 0 Å². The Balaban J connectivity index is 2.10. The Labute approximate surface area is 177 Å². The van der Waals surface area contributed by atoms with Crippen LogP contribution in [0.3, 0.4) is 0 Å². The molecule has 152 valence electrons. The van der Waals surface area contributed by atoms with Crippen molar-refractivity contribution in [2.45, 2.75) is 13.0 Å². The summed E-state index contributed by atoms with van der Waals surface area (Å²) in [6.07, 6.45) is 0. The second-order valence-electron chi connectivity index (χ2n) is 6.50. The van der Waals surface area contributed by atoms with Crippen LogP contribution in [-0.4, -0.2) is 48.6 Å². The predicted octanol–water partition coefficient (Wildman–Crippen LogP) is 3.92. The minimum atomic E-state index is -0.711. The third kappa shape index (κ3) is 4.36. The minimum absolute atomic E-state index is 0.0633. The van der Waals surface area contributed by atoms with Crippen molar-refractivity contribution >= 4 is 33.4 Å². The Hall–Kier alpha value is -2.64. The molecule has 0 bridgehead atoms. The predicted molar refractivity (Wildman–Crippen MR) is 113 cm³/mol. The number of amides is 1. The van der Waals surface area contributed by atoms with Crippen LogP contribution < -0.4 is 4.74 Å². The highest BCUT2D eigenvalue weighted by atomic mass is 79.9. The Morgan fingerprint density at radius 2 is 1.90 bits per heavy atom. The van der Waals surface area contributed by atoms with Crippen LogP contribution >= 0.6 is 15.9 Å². The van der Waals surface area contributed by atoms with Crippen LogP contribution in [0.25, 0.3) is 5.76 Å². The summed E-state index contributed by atoms with van der Waals surface area (Å²) in [7, 11) is 1.53. The standard InChI is InChI=1S/C22H22BrNO5/c1-3-29-17-9-7-14(8-10-17)20(25)18-19(15-5-4-6-16(23)13-15)24(11-12-28-2)22(27)21(18)26/h4-10,13,19,25H,3,11-12H2,1-2H3/t19-/m0/s1. The second-order valence-corrected chi connectivity index (χ2v) is 7.41. The average molecular weight is 460 g/mol. The molecule has 6 nitrogen and oxygen atoms in total. The van der Waals surface area contributed by atoms with E-state index >= 15 is 0 Å². The number of hydrogen-bond donors (Lipinski definition) is 1. The molecule has 0 saturated carbocycles. The SMILES string of the molecule is CCOc1ccc(C(O)=C2C(=O)C(=O)N(CCOC)[C@H]2c2cccc(Br)c2)cc1. The van der Waals surface area contributed by atoms with Gasteiger partial charge in [0.1, 0.15) is 11.5 Å². The quantitative estimate of drug-likeness (QED) is 0.385. The summed E-state index contributed by atoms with van der Waals surface area (Å²) in [5.41, 5.74) is 1.23. The summed E-state index contributed by atoms with van der Waals surface area (Å²) >= 11 is 3.43. The number of ether oxygens (including phenoxy) is 2. The third-order valence-electron chi connectivity index (χ3n) is 4.68. The fraction of sp³-hybridized carbons (Fsp3) is 0.273. The maximum Gasteiger partial charge on any atom is 0.295 e. The van der Waals surface area contributed by atoms with Gasteiger partial charge in [-0.1, -0.05) is 28.1 Å². The van der Waals surface area contributed by atoms with Crippen LogP contribution in [0, 0.1) is 0 Å². The summed E-state index contributed by atoms with van der Waals surface area (Å²) in [5.74, 6) is -0.915. The number of carbonyl (C=O) groups is 2. The molecule has 0 unspecified atom stereocenters. The lowest BCUT2D eigenvalue weighted by Gasteiger charge is -2.25. The largest absolute Gasteiger partial charge is 0.507 e. The lowest BCUT2D eigenvalue weighted by molar-refractivity contribution is -0.140. The van der Waals surface area contributed by atoms with Crippen LogP contribution in [0.4, 0.5) is 0 Å². The first-order chi connectivity index (χ1) is 14.0. The number of aliphatic hydroxyl groups excluding tert-OH is 1. The molecule has 29 heavy (non-hydrogen) atoms. The lowest BCUT2D eigenvalue weighted by Crippen LogP contribution is -2.32. The molecule has 1 aliphatic heterocycles. The van der Waals surface area contributed by atoms with E-state index in [1.807, 2.05) is 31.2 Å². The zero-order valence-electron chi connectivity index (χ0n) is 16.2. The van der Waals surface area contributed by atoms with Gasteiger partial charge >= 0.3 is 0 Å². The molecule has 1 amide bonds. The van der Waals surface area contributed by atoms with Gasteiger partial charge in [-0.05, 0) is 48.9 Å². The summed E-state index contributed by atoms with van der Waals surface area (Å²) in [6, 6.07) is 13.4. The van der Waals surface area contributed by atoms with E-state index in [1.165, 1.54) is 12.0 Å². The molecule has 2 aromatic carbocycles. The van der Waals surface area contributed by atoms with Crippen LogP contribution in [0.5, 0.6) is 5.75 Å². The summed E-state index contributed by atoms with van der Waals surface area (Å²) in [6.45, 7) is 2.92. The smallest absolute Gasteiger partial charge is 0.295 e. The van der Waals surface area contributed by atoms with Gasteiger partial charge in [-0.15, -0.1) is 0 Å². The van der Waals surface area contributed by atoms with Crippen LogP contribution in [0.2, 0.25) is 0 Å². The monoisotopic (exact) mass is 459 g/mol. The Bertz CT molecular complexity index is 938. The fourth-order valence-corrected chi connectivity index (χ4v) is 3.77. The van der Waals surface area contributed by atoms with E-state index in [-0.39, 0.29) is 24.5 Å². The van der Waals surface area contributed by atoms with Gasteiger partial charge in [0.05, 0.1) is 24.8 Å². The molecule has 0 aliphatic carbocycles. The minimum Gasteiger partial charge on any atom is -0.507 e. The van der Waals surface area contributed by atoms with Gasteiger partial charge in [-0.3, -0.25) is 9.59 Å². The first-order valence-electron chi connectivity index (χ1n) is 9.24. The number of Topliss-reactive ketones (excluding diaryl/α,β-unsaturated/α-hetero) is 1. The van der Waals surface area contributed by atoms with Gasteiger partial charge in [-0.25, -0.2) is 0 Å². The molecule has 1 heterocycles. The Morgan fingerprint density at radius 3 is 2.52 bits per heavy atom. The number of rotatable bonds is 7. The number of benzene rings is 2. The number of aliphatic hydroxyl groups is 1. The number of likely N-dealkylation sites (tertiary alicyclic amines) is 1. The molecule has 1 saturated heterocycles. The number of carbonyl (C=O) groups excluding carboxylic acids is 2. The van der Waals surface area contributed by atoms with Crippen molar-refractivity contribution in [3.8, 4) is 5.75 Å². The van der Waals surface area contributed by atoms with E-state index in [0.29, 0.717) is 17.9 Å². The third-order valence-corrected chi connectivity index (χ3v) is 5.17. The molecule has 1 atom stereocenters. The number of hydrogen-bond acceptors (Lipinski definition) is 5. The van der Waals surface area contributed by atoms with Crippen molar-refractivity contribution in [1.29, 1.82) is 0 Å². The molecule has 0 spiro atoms. The molecule has 2 aromatic rings. The summed E-state index contributed by atoms with van der Waals surface area (Å²) in [5, 5.41) is 11.0. The first-order valence-corrected chi connectivity index (χ1v) is 10.0. The zero-order chi connectivity index (χ0) is 21.0. The molecular weight excluding hydrogens is 438 g/mol. The molecule has 1 fully saturated rings. The van der Waals surface area contributed by atoms with Crippen LogP contribution in [0.1, 0.15) is 24.1 Å². The van der Waals surface area contributed by atoms with Crippen LogP contribution in [0.15, 0.2) is 58.6 Å². The number of ketones is 1. The Morgan fingerprint density at radius 1 is 1.17 bits per heavy atom. The van der Waals surface area contributed by atoms with Gasteiger partial charge < -0.3 is 19.5 Å². The molecule has 3 rings (SSSR count). The van der Waals surface area contributed by atoms with Crippen molar-refractivity contribution in [3.05, 3.63) is 69.7 Å². The molecule has 0 aromatic heterocycles. The highest BCUT2D eigenvalue weighted by Gasteiger charge is 2.45. The average Bonchev–Trinajstić information content (AvgIpc) is 2.97. The van der Waals surface area contributed by atoms with E-state index in [2.05, 4.69) is 15.9 Å². The van der Waals surface area contributed by atoms with Gasteiger partial charge in [0.25, 0.3) is 11.7 Å². The van der Waals surface area contributed by atoms with Crippen molar-refractivity contribution in [2.24, 2.45) is 0 Å². The normalized spacial score (nSPS) is 18.3. The summed E-state index contributed by atoms with van der Waals surface area (Å²) in [4.78, 5) is 27.0. The fourth-order valence-electron chi connectivity index (χ4n) is 3.35. The highest BCUT2D eigenvalue weighted by molar-refractivity contribution is 9.10. The van der Waals surface area contributed by atoms with Crippen molar-refractivity contribution < 1.29 is 24.2 Å². The van der Waals surface area contributed by atoms with E-state index < -0.39 is 17.7 Å². The first kappa shape index (κ1) is 21.1. The molecule has 0 radical (unpaired) electrons. The van der Waals surface area contributed by atoms with Gasteiger partial charge in [-0.2, -0.15) is 0 Å². The maximum absolute atomic E-state index is 12.8. The molecule has 1 N–H and O–H groups in total. The van der Waals surface area contributed by atoms with E-state index in [4.69, 9.17) is 9.47 Å². The topological polar surface area (TPSA) is 76.1 Å². The van der Waals surface area contributed by atoms with E-state index in [1.54, 1.807) is 24.3 Å². The number of halogens is 1. The van der Waals surface area contributed by atoms with Gasteiger partial charge in [0, 0.05) is 23.7 Å². The van der Waals surface area contributed by atoms with E-state index in [0.717, 1.165) is 10.0 Å². The van der Waals surface area contributed by atoms with Crippen LogP contribution in [-0.2, 0) is 14.3 Å². The number of nitrogens with zero attached hydrogens (tertiary/aromatic N) is 1. The second kappa shape index (κ2) is 9.24. The zero-order valence-corrected chi connectivity index (χ0v) is 17.8. The van der Waals surface area contributed by atoms with Gasteiger partial charge in [0.15, 0.2) is 0 Å². The van der Waals surface area contributed by atoms with Crippen molar-refractivity contribution in [2.75, 3.05) is 26.9 Å². The van der Waals surface area contributed by atoms with Crippen molar-refractivity contribution in [3.63, 3.8) is 0 Å². The van der Waals surface area contributed by atoms with Crippen molar-refractivity contribution in [1.82, 2.24) is 4.90 Å². The molecule has 7 heteroatoms. The highest BCUT2D eigenvalue weighted by Crippen LogP contribution is 2.40. The Kier molecular flexibility index (Phi) is 6.71.